The second kappa shape index (κ2) is 5.76. The van der Waals surface area contributed by atoms with Crippen LogP contribution in [0.15, 0.2) is 12.1 Å². The Balaban J connectivity index is 2.44. The number of phenolic OH excluding ortho intramolecular Hbond substituents is 1. The fourth-order valence-electron chi connectivity index (χ4n) is 2.81. The van der Waals surface area contributed by atoms with Crippen molar-refractivity contribution < 1.29 is 24.2 Å². The first-order valence-electron chi connectivity index (χ1n) is 7.11. The molecule has 21 heavy (non-hydrogen) atoms. The van der Waals surface area contributed by atoms with Gasteiger partial charge in [0.15, 0.2) is 5.41 Å². The molecule has 0 aromatic heterocycles. The molecule has 1 N–H and O–H groups in total. The summed E-state index contributed by atoms with van der Waals surface area (Å²) in [6.45, 7) is 5.60. The van der Waals surface area contributed by atoms with Crippen LogP contribution in [0.2, 0.25) is 0 Å². The predicted octanol–water partition coefficient (Wildman–Crippen LogP) is 1.91. The molecule has 1 aromatic rings. The van der Waals surface area contributed by atoms with Gasteiger partial charge < -0.3 is 14.6 Å². The smallest absolute Gasteiger partial charge is 0.324 e. The molecule has 0 spiro atoms. The van der Waals surface area contributed by atoms with Crippen LogP contribution in [0, 0.1) is 12.3 Å². The molecule has 0 saturated heterocycles. The van der Waals surface area contributed by atoms with Gasteiger partial charge in [0, 0.05) is 6.42 Å². The minimum atomic E-state index is -1.33. The highest BCUT2D eigenvalue weighted by molar-refractivity contribution is 6.01. The molecule has 1 aromatic carbocycles. The van der Waals surface area contributed by atoms with Gasteiger partial charge in [-0.2, -0.15) is 0 Å². The Morgan fingerprint density at radius 3 is 2.24 bits per heavy atom. The standard InChI is InChI=1S/C16H20O5/c1-4-20-14(18)16(15(19)21-5-2)8-11-6-7-13(17)10(3)12(11)9-16/h6-7,17H,4-5,8-9H2,1-3H3. The average Bonchev–Trinajstić information content (AvgIpc) is 2.85. The molecule has 0 fully saturated rings. The van der Waals surface area contributed by atoms with Gasteiger partial charge in [0.05, 0.1) is 13.2 Å². The minimum Gasteiger partial charge on any atom is -0.508 e. The molecule has 0 aliphatic heterocycles. The highest BCUT2D eigenvalue weighted by atomic mass is 16.6. The lowest BCUT2D eigenvalue weighted by molar-refractivity contribution is -0.171. The van der Waals surface area contributed by atoms with Gasteiger partial charge in [0.25, 0.3) is 0 Å². The molecule has 0 radical (unpaired) electrons. The van der Waals surface area contributed by atoms with E-state index in [-0.39, 0.29) is 31.8 Å². The van der Waals surface area contributed by atoms with Crippen molar-refractivity contribution in [2.45, 2.75) is 33.6 Å². The molecule has 0 saturated carbocycles. The summed E-state index contributed by atoms with van der Waals surface area (Å²) in [5.74, 6) is -0.950. The van der Waals surface area contributed by atoms with Crippen LogP contribution in [0.1, 0.15) is 30.5 Å². The molecule has 1 aliphatic carbocycles. The SMILES string of the molecule is CCOC(=O)C1(C(=O)OCC)Cc2ccc(O)c(C)c2C1. The second-order valence-corrected chi connectivity index (χ2v) is 5.22. The molecule has 1 aliphatic rings. The number of phenols is 1. The fraction of sp³-hybridized carbons (Fsp3) is 0.500. The molecule has 0 atom stereocenters. The van der Waals surface area contributed by atoms with Gasteiger partial charge in [-0.25, -0.2) is 0 Å². The summed E-state index contributed by atoms with van der Waals surface area (Å²) >= 11 is 0. The first kappa shape index (κ1) is 15.4. The highest BCUT2D eigenvalue weighted by Gasteiger charge is 2.53. The van der Waals surface area contributed by atoms with E-state index < -0.39 is 17.4 Å². The summed E-state index contributed by atoms with van der Waals surface area (Å²) in [4.78, 5) is 24.7. The number of benzene rings is 1. The monoisotopic (exact) mass is 292 g/mol. The normalized spacial score (nSPS) is 15.4. The maximum atomic E-state index is 12.4. The van der Waals surface area contributed by atoms with Crippen LogP contribution in [-0.4, -0.2) is 30.3 Å². The molecule has 0 heterocycles. The van der Waals surface area contributed by atoms with Crippen molar-refractivity contribution in [1.82, 2.24) is 0 Å². The van der Waals surface area contributed by atoms with Gasteiger partial charge in [0.2, 0.25) is 0 Å². The number of esters is 2. The van der Waals surface area contributed by atoms with E-state index >= 15 is 0 Å². The maximum absolute atomic E-state index is 12.4. The van der Waals surface area contributed by atoms with E-state index in [0.717, 1.165) is 11.1 Å². The third-order valence-corrected chi connectivity index (χ3v) is 3.97. The Bertz CT molecular complexity index is 558. The van der Waals surface area contributed by atoms with E-state index in [0.29, 0.717) is 5.56 Å². The largest absolute Gasteiger partial charge is 0.508 e. The zero-order valence-electron chi connectivity index (χ0n) is 12.6. The topological polar surface area (TPSA) is 72.8 Å². The van der Waals surface area contributed by atoms with Crippen molar-refractivity contribution in [3.05, 3.63) is 28.8 Å². The Morgan fingerprint density at radius 2 is 1.71 bits per heavy atom. The van der Waals surface area contributed by atoms with Crippen LogP contribution in [0.3, 0.4) is 0 Å². The first-order chi connectivity index (χ1) is 9.96. The number of carbonyl (C=O) groups is 2. The number of aromatic hydroxyl groups is 1. The minimum absolute atomic E-state index is 0.164. The highest BCUT2D eigenvalue weighted by Crippen LogP contribution is 2.42. The maximum Gasteiger partial charge on any atom is 0.324 e. The number of hydrogen-bond acceptors (Lipinski definition) is 5. The Labute approximate surface area is 123 Å². The van der Waals surface area contributed by atoms with Crippen LogP contribution in [-0.2, 0) is 31.9 Å². The van der Waals surface area contributed by atoms with Crippen molar-refractivity contribution in [1.29, 1.82) is 0 Å². The summed E-state index contributed by atoms with van der Waals surface area (Å²) in [5, 5.41) is 9.81. The van der Waals surface area contributed by atoms with Crippen LogP contribution >= 0.6 is 0 Å². The molecule has 114 valence electrons. The molecule has 5 heteroatoms. The van der Waals surface area contributed by atoms with Crippen molar-refractivity contribution >= 4 is 11.9 Å². The number of ether oxygens (including phenoxy) is 2. The summed E-state index contributed by atoms with van der Waals surface area (Å²) in [7, 11) is 0. The Morgan fingerprint density at radius 1 is 1.14 bits per heavy atom. The van der Waals surface area contributed by atoms with Gasteiger partial charge in [-0.3, -0.25) is 9.59 Å². The molecule has 0 unspecified atom stereocenters. The zero-order chi connectivity index (χ0) is 15.6. The van der Waals surface area contributed by atoms with Crippen molar-refractivity contribution in [3.63, 3.8) is 0 Å². The average molecular weight is 292 g/mol. The summed E-state index contributed by atoms with van der Waals surface area (Å²) in [6.07, 6.45) is 0.460. The quantitative estimate of drug-likeness (QED) is 0.678. The van der Waals surface area contributed by atoms with Gasteiger partial charge in [0.1, 0.15) is 5.75 Å². The molecular formula is C16H20O5. The number of hydrogen-bond donors (Lipinski definition) is 1. The lowest BCUT2D eigenvalue weighted by Crippen LogP contribution is -2.43. The van der Waals surface area contributed by atoms with Gasteiger partial charge in [-0.15, -0.1) is 0 Å². The van der Waals surface area contributed by atoms with Gasteiger partial charge >= 0.3 is 11.9 Å². The second-order valence-electron chi connectivity index (χ2n) is 5.22. The van der Waals surface area contributed by atoms with E-state index in [2.05, 4.69) is 0 Å². The van der Waals surface area contributed by atoms with Crippen LogP contribution in [0.4, 0.5) is 0 Å². The Hall–Kier alpha value is -2.04. The third-order valence-electron chi connectivity index (χ3n) is 3.97. The van der Waals surface area contributed by atoms with Crippen LogP contribution < -0.4 is 0 Å². The summed E-state index contributed by atoms with van der Waals surface area (Å²) in [5.41, 5.74) is 1.08. The van der Waals surface area contributed by atoms with Crippen molar-refractivity contribution in [2.75, 3.05) is 13.2 Å². The number of carbonyl (C=O) groups excluding carboxylic acids is 2. The van der Waals surface area contributed by atoms with Crippen molar-refractivity contribution in [3.8, 4) is 5.75 Å². The van der Waals surface area contributed by atoms with E-state index in [4.69, 9.17) is 9.47 Å². The van der Waals surface area contributed by atoms with E-state index in [1.165, 1.54) is 0 Å². The fourth-order valence-corrected chi connectivity index (χ4v) is 2.81. The summed E-state index contributed by atoms with van der Waals surface area (Å²) in [6, 6.07) is 3.33. The molecular weight excluding hydrogens is 272 g/mol. The van der Waals surface area contributed by atoms with Gasteiger partial charge in [-0.1, -0.05) is 6.07 Å². The predicted molar refractivity (Wildman–Crippen MR) is 76.0 cm³/mol. The Kier molecular flexibility index (Phi) is 4.21. The molecule has 0 amide bonds. The van der Waals surface area contributed by atoms with Crippen LogP contribution in [0.5, 0.6) is 5.75 Å². The lowest BCUT2D eigenvalue weighted by atomic mass is 9.84. The molecule has 0 bridgehead atoms. The van der Waals surface area contributed by atoms with E-state index in [1.807, 2.05) is 0 Å². The lowest BCUT2D eigenvalue weighted by Gasteiger charge is -2.24. The van der Waals surface area contributed by atoms with Crippen LogP contribution in [0.25, 0.3) is 0 Å². The number of fused-ring (bicyclic) bond motifs is 1. The van der Waals surface area contributed by atoms with E-state index in [9.17, 15) is 14.7 Å². The molecule has 5 nitrogen and oxygen atoms in total. The first-order valence-corrected chi connectivity index (χ1v) is 7.11. The van der Waals surface area contributed by atoms with Gasteiger partial charge in [-0.05, 0) is 49.9 Å². The zero-order valence-corrected chi connectivity index (χ0v) is 12.6. The van der Waals surface area contributed by atoms with Crippen molar-refractivity contribution in [2.24, 2.45) is 5.41 Å². The third kappa shape index (κ3) is 2.48. The summed E-state index contributed by atoms with van der Waals surface area (Å²) < 4.78 is 10.2. The molecule has 2 rings (SSSR count). The van der Waals surface area contributed by atoms with E-state index in [1.54, 1.807) is 32.9 Å². The number of rotatable bonds is 4.